The van der Waals surface area contributed by atoms with Crippen molar-refractivity contribution in [2.75, 3.05) is 11.9 Å². The van der Waals surface area contributed by atoms with Gasteiger partial charge in [0, 0.05) is 24.9 Å². The number of nitrogens with zero attached hydrogens (tertiary/aromatic N) is 2. The van der Waals surface area contributed by atoms with Gasteiger partial charge in [-0.2, -0.15) is 5.10 Å². The fourth-order valence-electron chi connectivity index (χ4n) is 3.05. The van der Waals surface area contributed by atoms with Gasteiger partial charge < -0.3 is 10.1 Å². The first-order valence-electron chi connectivity index (χ1n) is 8.01. The lowest BCUT2D eigenvalue weighted by Crippen LogP contribution is -2.24. The van der Waals surface area contributed by atoms with Crippen LogP contribution in [0.4, 0.5) is 5.82 Å². The van der Waals surface area contributed by atoms with E-state index in [-0.39, 0.29) is 11.8 Å². The van der Waals surface area contributed by atoms with Crippen molar-refractivity contribution < 1.29 is 9.53 Å². The summed E-state index contributed by atoms with van der Waals surface area (Å²) in [6.45, 7) is 6.95. The monoisotopic (exact) mass is 313 g/mol. The Kier molecular flexibility index (Phi) is 4.11. The van der Waals surface area contributed by atoms with Crippen molar-refractivity contribution in [3.8, 4) is 5.75 Å². The van der Waals surface area contributed by atoms with Crippen LogP contribution in [0.5, 0.6) is 5.75 Å². The molecular formula is C18H23N3O2. The van der Waals surface area contributed by atoms with Crippen LogP contribution in [0.25, 0.3) is 0 Å². The number of amides is 1. The summed E-state index contributed by atoms with van der Waals surface area (Å²) in [7, 11) is 1.86. The lowest BCUT2D eigenvalue weighted by molar-refractivity contribution is -0.116. The molecule has 0 aliphatic carbocycles. The molecule has 2 aromatic rings. The van der Waals surface area contributed by atoms with Crippen LogP contribution in [-0.2, 0) is 11.8 Å². The standard InChI is InChI=1S/C18H23N3O2/c1-11(2)10-23-14-7-5-13(6-8-14)15-9-16(22)19-18-17(15)12(3)20-21(18)4/h5-8,11,15H,9-10H2,1-4H3,(H,19,22)/t15-/m1/s1. The minimum absolute atomic E-state index is 0.0330. The Hall–Kier alpha value is -2.30. The molecule has 122 valence electrons. The van der Waals surface area contributed by atoms with Crippen LogP contribution in [0.15, 0.2) is 24.3 Å². The predicted octanol–water partition coefficient (Wildman–Crippen LogP) is 3.24. The SMILES string of the molecule is Cc1nn(C)c2c1[C@@H](c1ccc(OCC(C)C)cc1)CC(=O)N2. The van der Waals surface area contributed by atoms with E-state index in [1.165, 1.54) is 0 Å². The van der Waals surface area contributed by atoms with Gasteiger partial charge in [-0.25, -0.2) is 0 Å². The second kappa shape index (κ2) is 6.07. The minimum Gasteiger partial charge on any atom is -0.493 e. The highest BCUT2D eigenvalue weighted by Gasteiger charge is 2.31. The van der Waals surface area contributed by atoms with E-state index < -0.39 is 0 Å². The number of aryl methyl sites for hydroxylation is 2. The van der Waals surface area contributed by atoms with Gasteiger partial charge in [0.05, 0.1) is 12.3 Å². The highest BCUT2D eigenvalue weighted by Crippen LogP contribution is 2.39. The molecule has 5 heteroatoms. The van der Waals surface area contributed by atoms with Gasteiger partial charge in [-0.15, -0.1) is 0 Å². The lowest BCUT2D eigenvalue weighted by Gasteiger charge is -2.24. The fraction of sp³-hybridized carbons (Fsp3) is 0.444. The third-order valence-corrected chi connectivity index (χ3v) is 4.13. The maximum Gasteiger partial charge on any atom is 0.226 e. The number of benzene rings is 1. The molecule has 1 aromatic heterocycles. The van der Waals surface area contributed by atoms with Gasteiger partial charge in [0.2, 0.25) is 5.91 Å². The Labute approximate surface area is 136 Å². The predicted molar refractivity (Wildman–Crippen MR) is 89.8 cm³/mol. The van der Waals surface area contributed by atoms with Crippen LogP contribution >= 0.6 is 0 Å². The third-order valence-electron chi connectivity index (χ3n) is 4.13. The smallest absolute Gasteiger partial charge is 0.226 e. The van der Waals surface area contributed by atoms with E-state index in [0.29, 0.717) is 18.9 Å². The molecule has 1 atom stereocenters. The number of fused-ring (bicyclic) bond motifs is 1. The van der Waals surface area contributed by atoms with Crippen molar-refractivity contribution >= 4 is 11.7 Å². The molecule has 1 aliphatic heterocycles. The zero-order valence-corrected chi connectivity index (χ0v) is 14.1. The normalized spacial score (nSPS) is 17.1. The molecule has 2 heterocycles. The van der Waals surface area contributed by atoms with Crippen molar-refractivity contribution in [2.24, 2.45) is 13.0 Å². The van der Waals surface area contributed by atoms with E-state index in [4.69, 9.17) is 4.74 Å². The zero-order chi connectivity index (χ0) is 16.6. The largest absolute Gasteiger partial charge is 0.493 e. The van der Waals surface area contributed by atoms with Gasteiger partial charge in [0.1, 0.15) is 11.6 Å². The molecule has 0 radical (unpaired) electrons. The number of carbonyl (C=O) groups excluding carboxylic acids is 1. The molecule has 1 amide bonds. The van der Waals surface area contributed by atoms with Gasteiger partial charge in [-0.05, 0) is 30.5 Å². The molecule has 0 fully saturated rings. The molecular weight excluding hydrogens is 290 g/mol. The van der Waals surface area contributed by atoms with Gasteiger partial charge in [0.25, 0.3) is 0 Å². The van der Waals surface area contributed by atoms with E-state index in [0.717, 1.165) is 28.4 Å². The van der Waals surface area contributed by atoms with Crippen LogP contribution in [0.1, 0.15) is 43.0 Å². The van der Waals surface area contributed by atoms with E-state index in [1.54, 1.807) is 4.68 Å². The molecule has 0 saturated heterocycles. The summed E-state index contributed by atoms with van der Waals surface area (Å²) < 4.78 is 7.48. The maximum absolute atomic E-state index is 12.0. The molecule has 3 rings (SSSR count). The number of anilines is 1. The summed E-state index contributed by atoms with van der Waals surface area (Å²) in [5.74, 6) is 2.25. The van der Waals surface area contributed by atoms with Crippen molar-refractivity contribution in [3.63, 3.8) is 0 Å². The molecule has 1 aromatic carbocycles. The number of hydrogen-bond donors (Lipinski definition) is 1. The number of rotatable bonds is 4. The van der Waals surface area contributed by atoms with Gasteiger partial charge in [-0.1, -0.05) is 26.0 Å². The molecule has 1 aliphatic rings. The van der Waals surface area contributed by atoms with E-state index >= 15 is 0 Å². The van der Waals surface area contributed by atoms with Gasteiger partial charge in [-0.3, -0.25) is 9.48 Å². The Morgan fingerprint density at radius 3 is 2.70 bits per heavy atom. The minimum atomic E-state index is 0.0330. The average Bonchev–Trinajstić information content (AvgIpc) is 2.79. The first-order chi connectivity index (χ1) is 11.0. The van der Waals surface area contributed by atoms with Gasteiger partial charge in [0.15, 0.2) is 0 Å². The van der Waals surface area contributed by atoms with E-state index in [1.807, 2.05) is 26.1 Å². The number of hydrogen-bond acceptors (Lipinski definition) is 3. The van der Waals surface area contributed by atoms with Crippen molar-refractivity contribution in [3.05, 3.63) is 41.1 Å². The zero-order valence-electron chi connectivity index (χ0n) is 14.1. The highest BCUT2D eigenvalue weighted by atomic mass is 16.5. The molecule has 0 bridgehead atoms. The topological polar surface area (TPSA) is 56.2 Å². The maximum atomic E-state index is 12.0. The molecule has 5 nitrogen and oxygen atoms in total. The highest BCUT2D eigenvalue weighted by molar-refractivity contribution is 5.94. The van der Waals surface area contributed by atoms with Crippen LogP contribution in [-0.4, -0.2) is 22.3 Å². The molecule has 1 N–H and O–H groups in total. The van der Waals surface area contributed by atoms with Crippen molar-refractivity contribution in [1.29, 1.82) is 0 Å². The summed E-state index contributed by atoms with van der Waals surface area (Å²) in [6, 6.07) is 8.06. The van der Waals surface area contributed by atoms with Crippen LogP contribution in [0.3, 0.4) is 0 Å². The Morgan fingerprint density at radius 2 is 2.04 bits per heavy atom. The molecule has 23 heavy (non-hydrogen) atoms. The second-order valence-electron chi connectivity index (χ2n) is 6.55. The van der Waals surface area contributed by atoms with E-state index in [2.05, 4.69) is 36.4 Å². The summed E-state index contributed by atoms with van der Waals surface area (Å²) >= 11 is 0. The summed E-state index contributed by atoms with van der Waals surface area (Å²) in [4.78, 5) is 12.0. The number of carbonyl (C=O) groups is 1. The number of ether oxygens (including phenoxy) is 1. The number of aromatic nitrogens is 2. The first-order valence-corrected chi connectivity index (χ1v) is 8.01. The van der Waals surface area contributed by atoms with Crippen LogP contribution in [0, 0.1) is 12.8 Å². The molecule has 0 saturated carbocycles. The van der Waals surface area contributed by atoms with Crippen molar-refractivity contribution in [1.82, 2.24) is 9.78 Å². The summed E-state index contributed by atoms with van der Waals surface area (Å²) in [5.41, 5.74) is 3.20. The lowest BCUT2D eigenvalue weighted by atomic mass is 9.86. The third kappa shape index (κ3) is 3.09. The molecule has 0 unspecified atom stereocenters. The summed E-state index contributed by atoms with van der Waals surface area (Å²) in [6.07, 6.45) is 0.450. The van der Waals surface area contributed by atoms with Gasteiger partial charge >= 0.3 is 0 Å². The Balaban J connectivity index is 1.89. The average molecular weight is 313 g/mol. The van der Waals surface area contributed by atoms with Crippen LogP contribution < -0.4 is 10.1 Å². The summed E-state index contributed by atoms with van der Waals surface area (Å²) in [5, 5.41) is 7.38. The number of nitrogens with one attached hydrogen (secondary N) is 1. The second-order valence-corrected chi connectivity index (χ2v) is 6.55. The van der Waals surface area contributed by atoms with Crippen molar-refractivity contribution in [2.45, 2.75) is 33.1 Å². The Bertz CT molecular complexity index is 717. The first kappa shape index (κ1) is 15.6. The Morgan fingerprint density at radius 1 is 1.35 bits per heavy atom. The fourth-order valence-corrected chi connectivity index (χ4v) is 3.05. The van der Waals surface area contributed by atoms with Crippen LogP contribution in [0.2, 0.25) is 0 Å². The quantitative estimate of drug-likeness (QED) is 0.943. The molecule has 0 spiro atoms. The van der Waals surface area contributed by atoms with E-state index in [9.17, 15) is 4.79 Å².